The van der Waals surface area contributed by atoms with Gasteiger partial charge in [-0.1, -0.05) is 141 Å². The average Bonchev–Trinajstić information content (AvgIpc) is 3.50. The minimum Gasteiger partial charge on any atom is -0.327 e. The van der Waals surface area contributed by atoms with E-state index in [0.29, 0.717) is 5.54 Å². The third kappa shape index (κ3) is 6.28. The van der Waals surface area contributed by atoms with Gasteiger partial charge in [0.2, 0.25) is 0 Å². The van der Waals surface area contributed by atoms with E-state index in [1.54, 1.807) is 0 Å². The van der Waals surface area contributed by atoms with Crippen LogP contribution in [0, 0.1) is 0 Å². The quantitative estimate of drug-likeness (QED) is 0.240. The molecule has 0 radical (unpaired) electrons. The number of rotatable bonds is 7. The highest BCUT2D eigenvalue weighted by molar-refractivity contribution is 6.43. The average molecular weight is 499 g/mol. The fraction of sp³-hybridized carbons (Fsp3) is 0.121. The summed E-state index contributed by atoms with van der Waals surface area (Å²) in [5.74, 6) is 2.16. The smallest absolute Gasteiger partial charge is 0.130 e. The fourth-order valence-corrected chi connectivity index (χ4v) is 7.57. The topological polar surface area (TPSA) is 17.8 Å². The largest absolute Gasteiger partial charge is 0.327 e. The Hall–Kier alpha value is -3.89. The summed E-state index contributed by atoms with van der Waals surface area (Å²) in [5.41, 5.74) is 7.25. The van der Waals surface area contributed by atoms with Gasteiger partial charge >= 0.3 is 0 Å². The van der Waals surface area contributed by atoms with Crippen molar-refractivity contribution in [2.24, 2.45) is 0 Å². The third-order valence-corrected chi connectivity index (χ3v) is 9.20. The van der Waals surface area contributed by atoms with Crippen LogP contribution >= 0.6 is 0 Å². The first-order valence-electron chi connectivity index (χ1n) is 13.0. The summed E-state index contributed by atoms with van der Waals surface area (Å²) in [6.45, 7) is 4.67. The normalized spacial score (nSPS) is 11.2. The van der Waals surface area contributed by atoms with Crippen molar-refractivity contribution in [1.29, 1.82) is 0 Å². The SMILES string of the molecule is BC=C(c1ccccc1)c1ccccc1.CC(C)[SiH2]C(c1ccccc1)(c1ccccc1)n1ccnc1. The Morgan fingerprint density at radius 1 is 0.730 bits per heavy atom. The summed E-state index contributed by atoms with van der Waals surface area (Å²) in [6.07, 6.45) is 5.96. The van der Waals surface area contributed by atoms with Gasteiger partial charge in [0.15, 0.2) is 0 Å². The van der Waals surface area contributed by atoms with E-state index in [9.17, 15) is 0 Å². The first kappa shape index (κ1) is 26.2. The predicted octanol–water partition coefficient (Wildman–Crippen LogP) is 6.34. The minimum atomic E-state index is -0.489. The molecule has 0 N–H and O–H groups in total. The highest BCUT2D eigenvalue weighted by atomic mass is 28.2. The molecule has 0 aliphatic rings. The number of aromatic nitrogens is 2. The third-order valence-electron chi connectivity index (χ3n) is 6.61. The second kappa shape index (κ2) is 12.9. The zero-order valence-corrected chi connectivity index (χ0v) is 23.4. The summed E-state index contributed by atoms with van der Waals surface area (Å²) in [6, 6.07) is 42.7. The molecule has 0 atom stereocenters. The van der Waals surface area contributed by atoms with E-state index in [-0.39, 0.29) is 5.16 Å². The van der Waals surface area contributed by atoms with Gasteiger partial charge in [-0.05, 0) is 27.8 Å². The molecule has 4 aromatic carbocycles. The van der Waals surface area contributed by atoms with Crippen LogP contribution in [-0.4, -0.2) is 26.9 Å². The van der Waals surface area contributed by atoms with Crippen molar-refractivity contribution in [3.63, 3.8) is 0 Å². The Kier molecular flexibility index (Phi) is 9.12. The van der Waals surface area contributed by atoms with Crippen LogP contribution in [0.1, 0.15) is 36.1 Å². The van der Waals surface area contributed by atoms with Crippen LogP contribution in [0.3, 0.4) is 0 Å². The second-order valence-electron chi connectivity index (χ2n) is 9.59. The number of hydrogen-bond donors (Lipinski definition) is 0. The van der Waals surface area contributed by atoms with Gasteiger partial charge < -0.3 is 4.57 Å². The summed E-state index contributed by atoms with van der Waals surface area (Å²) in [5, 5.41) is -0.0762. The van der Waals surface area contributed by atoms with Crippen molar-refractivity contribution in [3.05, 3.63) is 168 Å². The fourth-order valence-electron chi connectivity index (χ4n) is 5.04. The Balaban J connectivity index is 0.000000186. The van der Waals surface area contributed by atoms with Crippen molar-refractivity contribution >= 4 is 22.9 Å². The van der Waals surface area contributed by atoms with Crippen molar-refractivity contribution in [1.82, 2.24) is 9.55 Å². The van der Waals surface area contributed by atoms with Crippen LogP contribution in [-0.2, 0) is 5.16 Å². The Morgan fingerprint density at radius 2 is 1.16 bits per heavy atom. The van der Waals surface area contributed by atoms with Gasteiger partial charge in [0, 0.05) is 12.4 Å². The first-order valence-corrected chi connectivity index (χ1v) is 14.5. The van der Waals surface area contributed by atoms with Gasteiger partial charge in [0.05, 0.1) is 21.0 Å². The minimum absolute atomic E-state index is 0.0762. The van der Waals surface area contributed by atoms with Crippen LogP contribution in [0.4, 0.5) is 0 Å². The molecule has 0 bridgehead atoms. The van der Waals surface area contributed by atoms with Gasteiger partial charge in [-0.15, -0.1) is 5.98 Å². The molecule has 0 fully saturated rings. The maximum Gasteiger partial charge on any atom is 0.130 e. The summed E-state index contributed by atoms with van der Waals surface area (Å²) in [7, 11) is 1.59. The van der Waals surface area contributed by atoms with E-state index >= 15 is 0 Å². The highest BCUT2D eigenvalue weighted by Crippen LogP contribution is 2.35. The van der Waals surface area contributed by atoms with Gasteiger partial charge in [-0.3, -0.25) is 0 Å². The molecule has 2 nitrogen and oxygen atoms in total. The zero-order valence-electron chi connectivity index (χ0n) is 22.0. The van der Waals surface area contributed by atoms with Crippen LogP contribution in [0.15, 0.2) is 146 Å². The van der Waals surface area contributed by atoms with Gasteiger partial charge in [-0.25, -0.2) is 4.98 Å². The summed E-state index contributed by atoms with van der Waals surface area (Å²) in [4.78, 5) is 4.33. The molecule has 37 heavy (non-hydrogen) atoms. The van der Waals surface area contributed by atoms with Crippen LogP contribution in [0.2, 0.25) is 5.54 Å². The first-order chi connectivity index (χ1) is 18.1. The highest BCUT2D eigenvalue weighted by Gasteiger charge is 2.36. The van der Waals surface area contributed by atoms with E-state index in [1.165, 1.54) is 27.8 Å². The van der Waals surface area contributed by atoms with Crippen molar-refractivity contribution in [2.45, 2.75) is 24.6 Å². The molecule has 1 aromatic heterocycles. The maximum absolute atomic E-state index is 4.33. The lowest BCUT2D eigenvalue weighted by molar-refractivity contribution is 0.585. The van der Waals surface area contributed by atoms with E-state index < -0.39 is 9.52 Å². The number of imidazole rings is 1. The molecule has 4 heteroatoms. The van der Waals surface area contributed by atoms with Crippen LogP contribution in [0.25, 0.3) is 5.57 Å². The van der Waals surface area contributed by atoms with Crippen molar-refractivity contribution < 1.29 is 0 Å². The Bertz CT molecular complexity index is 1270. The van der Waals surface area contributed by atoms with E-state index in [2.05, 4.69) is 153 Å². The maximum atomic E-state index is 4.33. The van der Waals surface area contributed by atoms with E-state index in [0.717, 1.165) is 0 Å². The summed E-state index contributed by atoms with van der Waals surface area (Å²) >= 11 is 0. The molecular formula is C33H35BN2Si. The lowest BCUT2D eigenvalue weighted by Gasteiger charge is -2.38. The van der Waals surface area contributed by atoms with E-state index in [1.807, 2.05) is 24.7 Å². The van der Waals surface area contributed by atoms with Gasteiger partial charge in [0.1, 0.15) is 7.85 Å². The molecule has 0 aliphatic carbocycles. The molecule has 0 amide bonds. The molecule has 0 unspecified atom stereocenters. The zero-order chi connectivity index (χ0) is 25.9. The predicted molar refractivity (Wildman–Crippen MR) is 163 cm³/mol. The number of hydrogen-bond acceptors (Lipinski definition) is 1. The summed E-state index contributed by atoms with van der Waals surface area (Å²) < 4.78 is 2.31. The van der Waals surface area contributed by atoms with Gasteiger partial charge in [-0.2, -0.15) is 0 Å². The molecule has 184 valence electrons. The lowest BCUT2D eigenvalue weighted by Crippen LogP contribution is -2.42. The van der Waals surface area contributed by atoms with Crippen LogP contribution < -0.4 is 0 Å². The van der Waals surface area contributed by atoms with Crippen molar-refractivity contribution in [2.75, 3.05) is 0 Å². The van der Waals surface area contributed by atoms with Crippen LogP contribution in [0.5, 0.6) is 0 Å². The molecule has 5 rings (SSSR count). The Labute approximate surface area is 225 Å². The molecule has 0 aliphatic heterocycles. The molecule has 0 saturated carbocycles. The standard InChI is InChI=1S/C19H22N2Si.C14H13B/c1-16(2)22-19(21-14-13-20-15-21,17-9-5-3-6-10-17)18-11-7-4-8-12-18;15-11-14(12-7-3-1-4-8-12)13-9-5-2-6-10-13/h3-16H,22H2,1-2H3;1-11H,15H2. The van der Waals surface area contributed by atoms with Gasteiger partial charge in [0.25, 0.3) is 0 Å². The van der Waals surface area contributed by atoms with E-state index in [4.69, 9.17) is 0 Å². The van der Waals surface area contributed by atoms with Crippen molar-refractivity contribution in [3.8, 4) is 0 Å². The lowest BCUT2D eigenvalue weighted by atomic mass is 9.92. The monoisotopic (exact) mass is 498 g/mol. The number of benzene rings is 4. The molecule has 1 heterocycles. The second-order valence-corrected chi connectivity index (χ2v) is 12.7. The Morgan fingerprint density at radius 3 is 1.51 bits per heavy atom. The molecule has 5 aromatic rings. The number of nitrogens with zero attached hydrogens (tertiary/aromatic N) is 2. The molecular weight excluding hydrogens is 463 g/mol. The molecule has 0 spiro atoms. The molecule has 0 saturated heterocycles.